The second-order valence-electron chi connectivity index (χ2n) is 7.06. The number of benzene rings is 2. The normalized spacial score (nSPS) is 13.9. The van der Waals surface area contributed by atoms with Gasteiger partial charge in [0.15, 0.2) is 11.6 Å². The molecule has 0 atom stereocenters. The minimum Gasteiger partial charge on any atom is -0.486 e. The van der Waals surface area contributed by atoms with Crippen molar-refractivity contribution in [1.29, 1.82) is 0 Å². The highest BCUT2D eigenvalue weighted by Crippen LogP contribution is 2.44. The number of nitrogens with zero attached hydrogens (tertiary/aromatic N) is 2. The Labute approximate surface area is 163 Å². The van der Waals surface area contributed by atoms with Crippen LogP contribution in [0, 0.1) is 5.82 Å². The number of aliphatic hydroxyl groups is 1. The molecule has 0 bridgehead atoms. The predicted octanol–water partition coefficient (Wildman–Crippen LogP) is 4.20. The lowest BCUT2D eigenvalue weighted by atomic mass is 9.79. The molecule has 1 aliphatic rings. The second-order valence-corrected chi connectivity index (χ2v) is 7.06. The molecule has 0 saturated heterocycles. The molecule has 0 unspecified atom stereocenters. The third-order valence-corrected chi connectivity index (χ3v) is 5.21. The van der Waals surface area contributed by atoms with Gasteiger partial charge in [0.1, 0.15) is 12.4 Å². The highest BCUT2D eigenvalue weighted by molar-refractivity contribution is 5.64. The second kappa shape index (κ2) is 7.94. The van der Waals surface area contributed by atoms with Gasteiger partial charge in [-0.15, -0.1) is 0 Å². The topological polar surface area (TPSA) is 81.3 Å². The molecule has 5 nitrogen and oxygen atoms in total. The zero-order valence-electron chi connectivity index (χ0n) is 15.4. The van der Waals surface area contributed by atoms with Gasteiger partial charge >= 0.3 is 0 Å². The van der Waals surface area contributed by atoms with Gasteiger partial charge in [-0.1, -0.05) is 36.8 Å². The van der Waals surface area contributed by atoms with Crippen molar-refractivity contribution in [2.75, 3.05) is 5.73 Å². The SMILES string of the molecule is Nc1cnc(-c2ccc(C3CCC3)c(OCc3ccc(CO)cc3)c2F)cn1. The summed E-state index contributed by atoms with van der Waals surface area (Å²) in [5.41, 5.74) is 9.00. The fourth-order valence-corrected chi connectivity index (χ4v) is 3.33. The molecule has 1 fully saturated rings. The number of halogens is 1. The molecule has 28 heavy (non-hydrogen) atoms. The summed E-state index contributed by atoms with van der Waals surface area (Å²) in [5.74, 6) is 0.480. The van der Waals surface area contributed by atoms with Gasteiger partial charge in [-0.3, -0.25) is 4.98 Å². The van der Waals surface area contributed by atoms with Crippen LogP contribution in [0.5, 0.6) is 5.75 Å². The van der Waals surface area contributed by atoms with E-state index in [2.05, 4.69) is 9.97 Å². The van der Waals surface area contributed by atoms with Gasteiger partial charge < -0.3 is 15.6 Å². The zero-order chi connectivity index (χ0) is 19.5. The lowest BCUT2D eigenvalue weighted by molar-refractivity contribution is 0.276. The standard InChI is InChI=1S/C22H22FN3O2/c23-21-18(19-10-26-20(24)11-25-19)9-8-17(16-2-1-3-16)22(21)28-13-15-6-4-14(12-27)5-7-15/h4-11,16,27H,1-3,12-13H2,(H2,24,26). The minimum absolute atomic E-state index is 0.00767. The van der Waals surface area contributed by atoms with Crippen molar-refractivity contribution in [3.05, 3.63) is 71.3 Å². The van der Waals surface area contributed by atoms with E-state index in [-0.39, 0.29) is 24.8 Å². The fourth-order valence-electron chi connectivity index (χ4n) is 3.33. The lowest BCUT2D eigenvalue weighted by Crippen LogP contribution is -2.12. The number of aromatic nitrogens is 2. The van der Waals surface area contributed by atoms with E-state index in [0.29, 0.717) is 17.2 Å². The fraction of sp³-hybridized carbons (Fsp3) is 0.273. The van der Waals surface area contributed by atoms with Crippen LogP contribution < -0.4 is 10.5 Å². The van der Waals surface area contributed by atoms with Gasteiger partial charge in [-0.2, -0.15) is 0 Å². The number of hydrogen-bond acceptors (Lipinski definition) is 5. The molecule has 0 aliphatic heterocycles. The van der Waals surface area contributed by atoms with Crippen LogP contribution in [0.1, 0.15) is 41.9 Å². The van der Waals surface area contributed by atoms with Crippen LogP contribution in [0.2, 0.25) is 0 Å². The molecular formula is C22H22FN3O2. The van der Waals surface area contributed by atoms with E-state index in [9.17, 15) is 0 Å². The lowest BCUT2D eigenvalue weighted by Gasteiger charge is -2.28. The summed E-state index contributed by atoms with van der Waals surface area (Å²) in [7, 11) is 0. The Bertz CT molecular complexity index is 955. The molecule has 2 aromatic carbocycles. The Morgan fingerprint density at radius 2 is 1.79 bits per heavy atom. The van der Waals surface area contributed by atoms with Crippen LogP contribution >= 0.6 is 0 Å². The number of rotatable bonds is 6. The Balaban J connectivity index is 1.65. The highest BCUT2D eigenvalue weighted by atomic mass is 19.1. The Hall–Kier alpha value is -2.99. The van der Waals surface area contributed by atoms with Crippen molar-refractivity contribution in [3.63, 3.8) is 0 Å². The molecule has 6 heteroatoms. The van der Waals surface area contributed by atoms with Crippen LogP contribution in [0.3, 0.4) is 0 Å². The number of nitrogen functional groups attached to an aromatic ring is 1. The molecule has 3 aromatic rings. The first-order chi connectivity index (χ1) is 13.7. The van der Waals surface area contributed by atoms with Crippen LogP contribution in [-0.4, -0.2) is 15.1 Å². The van der Waals surface area contributed by atoms with E-state index in [1.807, 2.05) is 30.3 Å². The number of ether oxygens (including phenoxy) is 1. The summed E-state index contributed by atoms with van der Waals surface area (Å²) >= 11 is 0. The monoisotopic (exact) mass is 379 g/mol. The maximum Gasteiger partial charge on any atom is 0.174 e. The maximum atomic E-state index is 15.4. The van der Waals surface area contributed by atoms with Crippen molar-refractivity contribution >= 4 is 5.82 Å². The first-order valence-electron chi connectivity index (χ1n) is 9.37. The van der Waals surface area contributed by atoms with Gasteiger partial charge in [0.25, 0.3) is 0 Å². The van der Waals surface area contributed by atoms with Gasteiger partial charge in [0, 0.05) is 11.1 Å². The molecule has 1 aromatic heterocycles. The summed E-state index contributed by atoms with van der Waals surface area (Å²) < 4.78 is 21.4. The van der Waals surface area contributed by atoms with Crippen LogP contribution in [-0.2, 0) is 13.2 Å². The number of anilines is 1. The van der Waals surface area contributed by atoms with E-state index in [4.69, 9.17) is 15.6 Å². The number of hydrogen-bond donors (Lipinski definition) is 2. The molecule has 4 rings (SSSR count). The first-order valence-corrected chi connectivity index (χ1v) is 9.37. The van der Waals surface area contributed by atoms with E-state index >= 15 is 4.39 Å². The van der Waals surface area contributed by atoms with E-state index in [1.54, 1.807) is 6.07 Å². The molecule has 1 saturated carbocycles. The smallest absolute Gasteiger partial charge is 0.174 e. The Morgan fingerprint density at radius 3 is 2.39 bits per heavy atom. The summed E-state index contributed by atoms with van der Waals surface area (Å²) in [6, 6.07) is 11.1. The Morgan fingerprint density at radius 1 is 1.04 bits per heavy atom. The van der Waals surface area contributed by atoms with E-state index in [0.717, 1.165) is 36.0 Å². The molecule has 0 radical (unpaired) electrons. The average Bonchev–Trinajstić information content (AvgIpc) is 2.68. The maximum absolute atomic E-state index is 15.4. The van der Waals surface area contributed by atoms with Crippen molar-refractivity contribution < 1.29 is 14.2 Å². The summed E-state index contributed by atoms with van der Waals surface area (Å²) in [5, 5.41) is 9.16. The number of aliphatic hydroxyl groups excluding tert-OH is 1. The van der Waals surface area contributed by atoms with E-state index in [1.165, 1.54) is 12.4 Å². The quantitative estimate of drug-likeness (QED) is 0.671. The third-order valence-electron chi connectivity index (χ3n) is 5.21. The van der Waals surface area contributed by atoms with Gasteiger partial charge in [-0.05, 0) is 36.0 Å². The third kappa shape index (κ3) is 3.68. The van der Waals surface area contributed by atoms with Gasteiger partial charge in [-0.25, -0.2) is 9.37 Å². The molecule has 0 spiro atoms. The molecule has 1 aliphatic carbocycles. The van der Waals surface area contributed by atoms with Crippen molar-refractivity contribution in [2.45, 2.75) is 38.4 Å². The largest absolute Gasteiger partial charge is 0.486 e. The summed E-state index contributed by atoms with van der Waals surface area (Å²) in [6.07, 6.45) is 6.12. The predicted molar refractivity (Wildman–Crippen MR) is 105 cm³/mol. The van der Waals surface area contributed by atoms with Crippen molar-refractivity contribution in [2.24, 2.45) is 0 Å². The van der Waals surface area contributed by atoms with Crippen LogP contribution in [0.25, 0.3) is 11.3 Å². The molecule has 1 heterocycles. The summed E-state index contributed by atoms with van der Waals surface area (Å²) in [6.45, 7) is 0.242. The first kappa shape index (κ1) is 18.4. The number of nitrogens with two attached hydrogens (primary N) is 1. The molecule has 144 valence electrons. The summed E-state index contributed by atoms with van der Waals surface area (Å²) in [4.78, 5) is 8.20. The highest BCUT2D eigenvalue weighted by Gasteiger charge is 2.27. The van der Waals surface area contributed by atoms with Crippen molar-refractivity contribution in [1.82, 2.24) is 9.97 Å². The average molecular weight is 379 g/mol. The van der Waals surface area contributed by atoms with Crippen LogP contribution in [0.15, 0.2) is 48.8 Å². The van der Waals surface area contributed by atoms with E-state index < -0.39 is 5.82 Å². The van der Waals surface area contributed by atoms with Gasteiger partial charge in [0.2, 0.25) is 0 Å². The molecule has 0 amide bonds. The van der Waals surface area contributed by atoms with Gasteiger partial charge in [0.05, 0.1) is 24.7 Å². The molecular weight excluding hydrogens is 357 g/mol. The van der Waals surface area contributed by atoms with Crippen LogP contribution in [0.4, 0.5) is 10.2 Å². The van der Waals surface area contributed by atoms with Crippen molar-refractivity contribution in [3.8, 4) is 17.0 Å². The molecule has 3 N–H and O–H groups in total. The zero-order valence-corrected chi connectivity index (χ0v) is 15.4. The minimum atomic E-state index is -0.421. The Kier molecular flexibility index (Phi) is 5.21.